The highest BCUT2D eigenvalue weighted by Crippen LogP contribution is 2.45. The summed E-state index contributed by atoms with van der Waals surface area (Å²) in [5.74, 6) is -0.321. The summed E-state index contributed by atoms with van der Waals surface area (Å²) >= 11 is 0. The van der Waals surface area contributed by atoms with Crippen LogP contribution in [-0.2, 0) is 22.5 Å². The molecular formula is C24H50O5Si2. The Bertz CT molecular complexity index is 458. The lowest BCUT2D eigenvalue weighted by molar-refractivity contribution is -0.139. The van der Waals surface area contributed by atoms with E-state index in [4.69, 9.17) is 17.7 Å². The molecule has 0 aromatic carbocycles. The van der Waals surface area contributed by atoms with Gasteiger partial charge in [-0.15, -0.1) is 0 Å². The predicted molar refractivity (Wildman–Crippen MR) is 133 cm³/mol. The summed E-state index contributed by atoms with van der Waals surface area (Å²) in [6, 6.07) is 2.75. The number of carbonyl (C=O) groups excluding carboxylic acids is 1. The van der Waals surface area contributed by atoms with Crippen LogP contribution in [0.4, 0.5) is 0 Å². The van der Waals surface area contributed by atoms with Crippen molar-refractivity contribution in [3.63, 3.8) is 0 Å². The molecule has 0 spiro atoms. The van der Waals surface area contributed by atoms with Crippen LogP contribution in [0, 0.1) is 5.92 Å². The molecular weight excluding hydrogens is 424 g/mol. The van der Waals surface area contributed by atoms with Crippen LogP contribution in [0.3, 0.4) is 0 Å². The molecule has 0 bridgehead atoms. The summed E-state index contributed by atoms with van der Waals surface area (Å²) in [7, 11) is -0.136. The van der Waals surface area contributed by atoms with Gasteiger partial charge in [-0.3, -0.25) is 4.79 Å². The first-order chi connectivity index (χ1) is 14.9. The lowest BCUT2D eigenvalue weighted by atomic mass is 10.2. The Morgan fingerprint density at radius 1 is 0.839 bits per heavy atom. The minimum absolute atomic E-state index is 0.0485. The maximum atomic E-state index is 13.4. The maximum absolute atomic E-state index is 13.4. The van der Waals surface area contributed by atoms with Gasteiger partial charge in [0.1, 0.15) is 0 Å². The van der Waals surface area contributed by atoms with Gasteiger partial charge >= 0.3 is 8.80 Å². The Balaban J connectivity index is 2.98. The van der Waals surface area contributed by atoms with Crippen molar-refractivity contribution in [3.05, 3.63) is 0 Å². The fourth-order valence-corrected chi connectivity index (χ4v) is 12.2. The van der Waals surface area contributed by atoms with Crippen molar-refractivity contribution in [2.75, 3.05) is 21.3 Å². The quantitative estimate of drug-likeness (QED) is 0.157. The normalized spacial score (nSPS) is 16.6. The van der Waals surface area contributed by atoms with Gasteiger partial charge in [0, 0.05) is 27.4 Å². The fraction of sp³-hybridized carbons (Fsp3) is 0.958. The van der Waals surface area contributed by atoms with Crippen molar-refractivity contribution < 1.29 is 22.5 Å². The average molecular weight is 475 g/mol. The minimum Gasteiger partial charge on any atom is -0.519 e. The summed E-state index contributed by atoms with van der Waals surface area (Å²) in [6.45, 7) is 6.46. The van der Waals surface area contributed by atoms with Gasteiger partial charge in [0.2, 0.25) is 0 Å². The van der Waals surface area contributed by atoms with Crippen molar-refractivity contribution in [2.24, 2.45) is 5.92 Å². The second-order valence-corrected chi connectivity index (χ2v) is 16.6. The van der Waals surface area contributed by atoms with Crippen molar-refractivity contribution in [1.29, 1.82) is 0 Å². The summed E-state index contributed by atoms with van der Waals surface area (Å²) in [4.78, 5) is 13.4. The molecule has 0 aliphatic heterocycles. The third-order valence-electron chi connectivity index (χ3n) is 7.20. The van der Waals surface area contributed by atoms with Crippen LogP contribution in [0.15, 0.2) is 0 Å². The molecule has 0 aromatic rings. The molecule has 1 aliphatic rings. The number of unbranched alkanes of at least 4 members (excludes halogenated alkanes) is 6. The zero-order valence-electron chi connectivity index (χ0n) is 21.3. The molecule has 31 heavy (non-hydrogen) atoms. The molecule has 7 heteroatoms. The van der Waals surface area contributed by atoms with Crippen LogP contribution < -0.4 is 0 Å². The monoisotopic (exact) mass is 474 g/mol. The van der Waals surface area contributed by atoms with E-state index in [1.165, 1.54) is 77.0 Å². The predicted octanol–water partition coefficient (Wildman–Crippen LogP) is 7.09. The molecule has 1 aliphatic carbocycles. The molecule has 0 saturated heterocycles. The van der Waals surface area contributed by atoms with E-state index in [0.29, 0.717) is 11.6 Å². The number of rotatable bonds is 18. The summed E-state index contributed by atoms with van der Waals surface area (Å²) in [5, 5.41) is 0. The molecule has 0 radical (unpaired) electrons. The average Bonchev–Trinajstić information content (AvgIpc) is 3.33. The van der Waals surface area contributed by atoms with Crippen LogP contribution in [0.2, 0.25) is 23.7 Å². The highest BCUT2D eigenvalue weighted by Gasteiger charge is 2.48. The Hall–Kier alpha value is -0.216. The molecule has 184 valence electrons. The van der Waals surface area contributed by atoms with Crippen molar-refractivity contribution in [2.45, 2.75) is 121 Å². The van der Waals surface area contributed by atoms with Gasteiger partial charge in [0.25, 0.3) is 14.3 Å². The van der Waals surface area contributed by atoms with Gasteiger partial charge in [-0.05, 0) is 30.5 Å². The first-order valence-corrected chi connectivity index (χ1v) is 17.1. The molecule has 1 saturated carbocycles. The van der Waals surface area contributed by atoms with E-state index in [9.17, 15) is 4.79 Å². The number of hydrogen-bond donors (Lipinski definition) is 0. The second-order valence-electron chi connectivity index (χ2n) is 9.49. The van der Waals surface area contributed by atoms with Crippen LogP contribution >= 0.6 is 0 Å². The van der Waals surface area contributed by atoms with Crippen LogP contribution in [-0.4, -0.2) is 44.4 Å². The lowest BCUT2D eigenvalue weighted by Crippen LogP contribution is -2.48. The number of carbonyl (C=O) groups is 1. The van der Waals surface area contributed by atoms with E-state index in [2.05, 4.69) is 13.8 Å². The van der Waals surface area contributed by atoms with Crippen molar-refractivity contribution >= 4 is 23.1 Å². The SMILES string of the molecule is CCCCCC[Si](CCCCCC)(OC(=O)C(C)C[Si](OC)(OC)OC)C1CCCC1. The van der Waals surface area contributed by atoms with E-state index in [0.717, 1.165) is 12.1 Å². The molecule has 5 nitrogen and oxygen atoms in total. The standard InChI is InChI=1S/C24H50O5Si2/c1-7-9-11-15-19-30(20-16-12-10-8-2,23-17-13-14-18-23)29-24(25)22(3)21-31(26-4,27-5)28-6/h22-23H,7-21H2,1-6H3. The number of hydrogen-bond acceptors (Lipinski definition) is 5. The maximum Gasteiger partial charge on any atom is 0.501 e. The Morgan fingerprint density at radius 2 is 1.32 bits per heavy atom. The molecule has 0 aromatic heterocycles. The second kappa shape index (κ2) is 15.6. The molecule has 1 unspecified atom stereocenters. The lowest BCUT2D eigenvalue weighted by Gasteiger charge is -2.38. The molecule has 0 amide bonds. The van der Waals surface area contributed by atoms with Gasteiger partial charge in [-0.25, -0.2) is 0 Å². The van der Waals surface area contributed by atoms with Crippen LogP contribution in [0.25, 0.3) is 0 Å². The molecule has 1 rings (SSSR count). The van der Waals surface area contributed by atoms with Crippen molar-refractivity contribution in [1.82, 2.24) is 0 Å². The van der Waals surface area contributed by atoms with E-state index in [-0.39, 0.29) is 11.9 Å². The third kappa shape index (κ3) is 9.28. The van der Waals surface area contributed by atoms with Gasteiger partial charge < -0.3 is 17.7 Å². The van der Waals surface area contributed by atoms with Gasteiger partial charge in [-0.2, -0.15) is 0 Å². The van der Waals surface area contributed by atoms with Gasteiger partial charge in [0.15, 0.2) is 0 Å². The topological polar surface area (TPSA) is 54.0 Å². The first kappa shape index (κ1) is 28.8. The Morgan fingerprint density at radius 3 is 1.74 bits per heavy atom. The molecule has 0 heterocycles. The summed E-state index contributed by atoms with van der Waals surface area (Å²) < 4.78 is 23.4. The highest BCUT2D eigenvalue weighted by molar-refractivity contribution is 6.76. The zero-order valence-corrected chi connectivity index (χ0v) is 23.3. The fourth-order valence-electron chi connectivity index (χ4n) is 5.13. The minimum atomic E-state index is -2.81. The summed E-state index contributed by atoms with van der Waals surface area (Å²) in [5.41, 5.74) is 0.640. The third-order valence-corrected chi connectivity index (χ3v) is 15.3. The Kier molecular flexibility index (Phi) is 14.5. The summed E-state index contributed by atoms with van der Waals surface area (Å²) in [6.07, 6.45) is 15.1. The Labute approximate surface area is 194 Å². The molecule has 0 N–H and O–H groups in total. The van der Waals surface area contributed by atoms with E-state index >= 15 is 0 Å². The highest BCUT2D eigenvalue weighted by atomic mass is 28.4. The molecule has 1 atom stereocenters. The van der Waals surface area contributed by atoms with E-state index < -0.39 is 17.1 Å². The zero-order chi connectivity index (χ0) is 23.2. The first-order valence-electron chi connectivity index (χ1n) is 12.8. The largest absolute Gasteiger partial charge is 0.519 e. The van der Waals surface area contributed by atoms with E-state index in [1.807, 2.05) is 6.92 Å². The van der Waals surface area contributed by atoms with Gasteiger partial charge in [-0.1, -0.05) is 85.0 Å². The van der Waals surface area contributed by atoms with Gasteiger partial charge in [0.05, 0.1) is 5.92 Å². The molecule has 1 fully saturated rings. The van der Waals surface area contributed by atoms with E-state index in [1.54, 1.807) is 21.3 Å². The van der Waals surface area contributed by atoms with Crippen molar-refractivity contribution in [3.8, 4) is 0 Å². The van der Waals surface area contributed by atoms with Crippen LogP contribution in [0.5, 0.6) is 0 Å². The smallest absolute Gasteiger partial charge is 0.501 e. The van der Waals surface area contributed by atoms with Crippen LogP contribution in [0.1, 0.15) is 97.8 Å².